The summed E-state index contributed by atoms with van der Waals surface area (Å²) in [6, 6.07) is 7.46. The lowest BCUT2D eigenvalue weighted by Gasteiger charge is -2.25. The van der Waals surface area contributed by atoms with Gasteiger partial charge in [-0.3, -0.25) is 4.79 Å². The van der Waals surface area contributed by atoms with E-state index in [1.165, 1.54) is 11.3 Å². The fourth-order valence-electron chi connectivity index (χ4n) is 3.50. The maximum atomic E-state index is 12.3. The van der Waals surface area contributed by atoms with Crippen molar-refractivity contribution in [1.29, 1.82) is 0 Å². The molecule has 2 aromatic rings. The molecule has 0 aliphatic carbocycles. The predicted octanol–water partition coefficient (Wildman–Crippen LogP) is 3.90. The number of amides is 1. The van der Waals surface area contributed by atoms with Gasteiger partial charge < -0.3 is 19.5 Å². The smallest absolute Gasteiger partial charge is 0.225 e. The third-order valence-corrected chi connectivity index (χ3v) is 6.66. The zero-order valence-corrected chi connectivity index (χ0v) is 18.4. The van der Waals surface area contributed by atoms with Crippen LogP contribution in [0.2, 0.25) is 0 Å². The Labute approximate surface area is 176 Å². The van der Waals surface area contributed by atoms with Gasteiger partial charge in [0.1, 0.15) is 28.7 Å². The van der Waals surface area contributed by atoms with E-state index in [9.17, 15) is 9.90 Å². The topological polar surface area (TPSA) is 71.9 Å². The predicted molar refractivity (Wildman–Crippen MR) is 113 cm³/mol. The van der Waals surface area contributed by atoms with Crippen LogP contribution >= 0.6 is 11.3 Å². The Hall–Kier alpha value is -2.12. The van der Waals surface area contributed by atoms with Crippen molar-refractivity contribution in [2.24, 2.45) is 5.92 Å². The zero-order valence-electron chi connectivity index (χ0n) is 17.6. The van der Waals surface area contributed by atoms with E-state index in [1.54, 1.807) is 7.11 Å². The average Bonchev–Trinajstić information content (AvgIpc) is 2.97. The number of likely N-dealkylation sites (tertiary alicyclic amines) is 1. The second kappa shape index (κ2) is 9.13. The number of thiazole rings is 1. The Bertz CT molecular complexity index is 834. The van der Waals surface area contributed by atoms with Crippen LogP contribution < -0.4 is 9.47 Å². The number of hydrogen-bond acceptors (Lipinski definition) is 6. The first kappa shape index (κ1) is 21.6. The van der Waals surface area contributed by atoms with Crippen molar-refractivity contribution in [2.45, 2.75) is 52.2 Å². The number of aryl methyl sites for hydroxylation is 1. The van der Waals surface area contributed by atoms with Gasteiger partial charge in [0.2, 0.25) is 5.91 Å². The highest BCUT2D eigenvalue weighted by molar-refractivity contribution is 7.11. The van der Waals surface area contributed by atoms with Crippen molar-refractivity contribution in [1.82, 2.24) is 9.88 Å². The number of nitrogens with zero attached hydrogens (tertiary/aromatic N) is 2. The van der Waals surface area contributed by atoms with Crippen LogP contribution in [-0.2, 0) is 17.0 Å². The number of carbonyl (C=O) groups excluding carboxylic acids is 1. The summed E-state index contributed by atoms with van der Waals surface area (Å²) in [6.45, 7) is 7.43. The molecule has 0 bridgehead atoms. The van der Waals surface area contributed by atoms with Gasteiger partial charge in [-0.2, -0.15) is 0 Å². The van der Waals surface area contributed by atoms with Crippen LogP contribution in [0.25, 0.3) is 0 Å². The Balaban J connectivity index is 1.67. The molecular formula is C22H30N2O4S. The number of aliphatic hydroxyl groups is 1. The SMILES string of the molecule is COc1ccc(OCc2sc(C3(O)CCCN(C(=O)C(C)C)CC3)nc2C)cc1. The van der Waals surface area contributed by atoms with Gasteiger partial charge in [0.15, 0.2) is 0 Å². The molecule has 29 heavy (non-hydrogen) atoms. The highest BCUT2D eigenvalue weighted by atomic mass is 32.1. The molecule has 1 aromatic heterocycles. The van der Waals surface area contributed by atoms with E-state index in [0.29, 0.717) is 32.5 Å². The Morgan fingerprint density at radius 1 is 1.24 bits per heavy atom. The minimum Gasteiger partial charge on any atom is -0.497 e. The van der Waals surface area contributed by atoms with Crippen molar-refractivity contribution in [3.63, 3.8) is 0 Å². The van der Waals surface area contributed by atoms with Gasteiger partial charge in [0.25, 0.3) is 0 Å². The largest absolute Gasteiger partial charge is 0.497 e. The molecule has 1 atom stereocenters. The van der Waals surface area contributed by atoms with E-state index in [2.05, 4.69) is 4.98 Å². The monoisotopic (exact) mass is 418 g/mol. The Morgan fingerprint density at radius 3 is 2.59 bits per heavy atom. The molecule has 1 saturated heterocycles. The maximum Gasteiger partial charge on any atom is 0.225 e. The number of ether oxygens (including phenoxy) is 2. The van der Waals surface area contributed by atoms with Crippen LogP contribution in [0.1, 0.15) is 48.7 Å². The fraction of sp³-hybridized carbons (Fsp3) is 0.545. The molecule has 0 radical (unpaired) electrons. The molecule has 158 valence electrons. The molecule has 1 N–H and O–H groups in total. The van der Waals surface area contributed by atoms with Gasteiger partial charge in [-0.1, -0.05) is 13.8 Å². The van der Waals surface area contributed by atoms with Crippen molar-refractivity contribution in [3.8, 4) is 11.5 Å². The molecular weight excluding hydrogens is 388 g/mol. The Kier molecular flexibility index (Phi) is 6.80. The third kappa shape index (κ3) is 5.08. The molecule has 1 aliphatic rings. The van der Waals surface area contributed by atoms with E-state index >= 15 is 0 Å². The molecule has 0 spiro atoms. The molecule has 6 nitrogen and oxygen atoms in total. The van der Waals surface area contributed by atoms with Crippen molar-refractivity contribution in [2.75, 3.05) is 20.2 Å². The van der Waals surface area contributed by atoms with Gasteiger partial charge in [0.05, 0.1) is 17.7 Å². The van der Waals surface area contributed by atoms with E-state index in [1.807, 2.05) is 49.9 Å². The first-order valence-electron chi connectivity index (χ1n) is 10.1. The van der Waals surface area contributed by atoms with Crippen LogP contribution in [0.15, 0.2) is 24.3 Å². The minimum atomic E-state index is -0.986. The molecule has 1 unspecified atom stereocenters. The van der Waals surface area contributed by atoms with E-state index in [0.717, 1.165) is 33.5 Å². The lowest BCUT2D eigenvalue weighted by molar-refractivity contribution is -0.134. The summed E-state index contributed by atoms with van der Waals surface area (Å²) < 4.78 is 11.0. The number of benzene rings is 1. The summed E-state index contributed by atoms with van der Waals surface area (Å²) in [5.74, 6) is 1.67. The number of carbonyl (C=O) groups is 1. The lowest BCUT2D eigenvalue weighted by Crippen LogP contribution is -2.36. The number of hydrogen-bond donors (Lipinski definition) is 1. The number of aromatic nitrogens is 1. The molecule has 1 aromatic carbocycles. The van der Waals surface area contributed by atoms with Gasteiger partial charge in [-0.25, -0.2) is 4.98 Å². The average molecular weight is 419 g/mol. The highest BCUT2D eigenvalue weighted by Gasteiger charge is 2.36. The van der Waals surface area contributed by atoms with Crippen molar-refractivity contribution < 1.29 is 19.4 Å². The van der Waals surface area contributed by atoms with E-state index in [4.69, 9.17) is 9.47 Å². The zero-order chi connectivity index (χ0) is 21.0. The van der Waals surface area contributed by atoms with Crippen LogP contribution in [0.4, 0.5) is 0 Å². The molecule has 2 heterocycles. The first-order valence-corrected chi connectivity index (χ1v) is 10.9. The summed E-state index contributed by atoms with van der Waals surface area (Å²) in [4.78, 5) is 19.9. The molecule has 1 fully saturated rings. The second-order valence-electron chi connectivity index (χ2n) is 7.86. The quantitative estimate of drug-likeness (QED) is 0.770. The third-order valence-electron chi connectivity index (χ3n) is 5.34. The number of rotatable bonds is 6. The van der Waals surface area contributed by atoms with Crippen LogP contribution in [0.5, 0.6) is 11.5 Å². The van der Waals surface area contributed by atoms with Gasteiger partial charge >= 0.3 is 0 Å². The summed E-state index contributed by atoms with van der Waals surface area (Å²) in [5.41, 5.74) is -0.105. The molecule has 1 amide bonds. The van der Waals surface area contributed by atoms with Crippen LogP contribution in [0.3, 0.4) is 0 Å². The number of methoxy groups -OCH3 is 1. The van der Waals surface area contributed by atoms with E-state index < -0.39 is 5.60 Å². The molecule has 7 heteroatoms. The normalized spacial score (nSPS) is 19.9. The molecule has 0 saturated carbocycles. The van der Waals surface area contributed by atoms with Crippen molar-refractivity contribution in [3.05, 3.63) is 39.8 Å². The van der Waals surface area contributed by atoms with Gasteiger partial charge in [0, 0.05) is 25.4 Å². The van der Waals surface area contributed by atoms with Gasteiger partial charge in [-0.15, -0.1) is 11.3 Å². The highest BCUT2D eigenvalue weighted by Crippen LogP contribution is 2.37. The summed E-state index contributed by atoms with van der Waals surface area (Å²) in [6.07, 6.45) is 1.89. The summed E-state index contributed by atoms with van der Waals surface area (Å²) in [5, 5.41) is 12.0. The fourth-order valence-corrected chi connectivity index (χ4v) is 4.62. The van der Waals surface area contributed by atoms with Gasteiger partial charge in [-0.05, 0) is 44.0 Å². The standard InChI is InChI=1S/C22H30N2O4S/c1-15(2)20(25)24-12-5-10-22(26,11-13-24)21-23-16(3)19(29-21)14-28-18-8-6-17(27-4)7-9-18/h6-9,15,26H,5,10-14H2,1-4H3. The second-order valence-corrected chi connectivity index (χ2v) is 8.94. The van der Waals surface area contributed by atoms with Crippen molar-refractivity contribution >= 4 is 17.2 Å². The molecule has 3 rings (SSSR count). The summed E-state index contributed by atoms with van der Waals surface area (Å²) >= 11 is 1.50. The van der Waals surface area contributed by atoms with Crippen LogP contribution in [0, 0.1) is 12.8 Å². The summed E-state index contributed by atoms with van der Waals surface area (Å²) in [7, 11) is 1.63. The minimum absolute atomic E-state index is 0.0231. The Morgan fingerprint density at radius 2 is 1.93 bits per heavy atom. The maximum absolute atomic E-state index is 12.3. The van der Waals surface area contributed by atoms with E-state index in [-0.39, 0.29) is 11.8 Å². The molecule has 1 aliphatic heterocycles. The van der Waals surface area contributed by atoms with Crippen LogP contribution in [-0.4, -0.2) is 41.1 Å². The lowest BCUT2D eigenvalue weighted by atomic mass is 9.96. The first-order chi connectivity index (χ1) is 13.8.